The van der Waals surface area contributed by atoms with Crippen LogP contribution in [-0.2, 0) is 0 Å². The van der Waals surface area contributed by atoms with Crippen molar-refractivity contribution < 1.29 is 15.3 Å². The Morgan fingerprint density at radius 2 is 1.85 bits per heavy atom. The van der Waals surface area contributed by atoms with Crippen molar-refractivity contribution in [3.05, 3.63) is 5.21 Å². The zero-order chi connectivity index (χ0) is 14.1. The standard InChI is InChI=1S/C14H27N3O2S/c15-14-16(12-7-3-4-8-13(12)20-14)9-10-5-1-2-6-11(10)17(18)19/h10-14,17-18H,1-9,15H2/p+1. The molecular formula is C14H28N3O2S+. The molecule has 0 aromatic rings. The van der Waals surface area contributed by atoms with E-state index in [1.165, 1.54) is 37.0 Å². The number of quaternary nitrogens is 2. The van der Waals surface area contributed by atoms with Crippen molar-refractivity contribution in [2.75, 3.05) is 6.54 Å². The fourth-order valence-corrected chi connectivity index (χ4v) is 6.14. The van der Waals surface area contributed by atoms with Gasteiger partial charge in [-0.2, -0.15) is 0 Å². The van der Waals surface area contributed by atoms with Gasteiger partial charge in [-0.3, -0.25) is 5.73 Å². The van der Waals surface area contributed by atoms with E-state index in [4.69, 9.17) is 5.73 Å². The molecule has 0 bridgehead atoms. The highest BCUT2D eigenvalue weighted by molar-refractivity contribution is 8.00. The minimum Gasteiger partial charge on any atom is -0.600 e. The molecule has 3 rings (SSSR count). The predicted molar refractivity (Wildman–Crippen MR) is 79.3 cm³/mol. The highest BCUT2D eigenvalue weighted by Gasteiger charge is 2.47. The summed E-state index contributed by atoms with van der Waals surface area (Å²) >= 11 is 1.95. The van der Waals surface area contributed by atoms with E-state index in [-0.39, 0.29) is 11.5 Å². The van der Waals surface area contributed by atoms with Crippen LogP contribution in [0.4, 0.5) is 0 Å². The minimum absolute atomic E-state index is 0.129. The molecule has 7 unspecified atom stereocenters. The molecule has 1 heterocycles. The number of thioether (sulfide) groups is 1. The van der Waals surface area contributed by atoms with Crippen molar-refractivity contribution in [3.8, 4) is 0 Å². The summed E-state index contributed by atoms with van der Waals surface area (Å²) in [5.74, 6) is 0.337. The monoisotopic (exact) mass is 302 g/mol. The average molecular weight is 302 g/mol. The normalized spacial score (nSPS) is 47.0. The molecule has 5 nitrogen and oxygen atoms in total. The number of rotatable bonds is 3. The molecule has 3 fully saturated rings. The number of nitrogens with one attached hydrogen (secondary N) is 2. The van der Waals surface area contributed by atoms with Crippen LogP contribution in [0, 0.1) is 11.1 Å². The van der Waals surface area contributed by atoms with Gasteiger partial charge in [0.15, 0.2) is 5.50 Å². The molecule has 0 spiro atoms. The molecule has 0 aromatic carbocycles. The van der Waals surface area contributed by atoms with E-state index in [9.17, 15) is 10.4 Å². The van der Waals surface area contributed by atoms with E-state index in [0.717, 1.165) is 31.1 Å². The van der Waals surface area contributed by atoms with Gasteiger partial charge in [-0.15, -0.1) is 0 Å². The summed E-state index contributed by atoms with van der Waals surface area (Å²) in [6, 6.07) is 0.552. The largest absolute Gasteiger partial charge is 0.600 e. The maximum absolute atomic E-state index is 11.5. The molecular weight excluding hydrogens is 274 g/mol. The first kappa shape index (κ1) is 15.1. The third-order valence-corrected chi connectivity index (χ3v) is 7.10. The van der Waals surface area contributed by atoms with Gasteiger partial charge in [0, 0.05) is 12.8 Å². The van der Waals surface area contributed by atoms with Crippen LogP contribution in [-0.4, -0.2) is 34.6 Å². The van der Waals surface area contributed by atoms with Crippen molar-refractivity contribution >= 4 is 11.8 Å². The molecule has 0 aromatic heterocycles. The lowest BCUT2D eigenvalue weighted by Crippen LogP contribution is -3.20. The van der Waals surface area contributed by atoms with Gasteiger partial charge in [0.05, 0.1) is 17.7 Å². The number of hydrogen-bond donors (Lipinski definition) is 4. The molecule has 3 aliphatic rings. The maximum Gasteiger partial charge on any atom is 0.187 e. The van der Waals surface area contributed by atoms with Gasteiger partial charge >= 0.3 is 0 Å². The van der Waals surface area contributed by atoms with Crippen LogP contribution in [0.25, 0.3) is 0 Å². The van der Waals surface area contributed by atoms with Crippen molar-refractivity contribution in [1.82, 2.24) is 0 Å². The lowest BCUT2D eigenvalue weighted by molar-refractivity contribution is -1.07. The van der Waals surface area contributed by atoms with Gasteiger partial charge in [0.25, 0.3) is 0 Å². The second-order valence-electron chi connectivity index (χ2n) is 6.75. The fraction of sp³-hybridized carbons (Fsp3) is 1.00. The first-order valence-corrected chi connectivity index (χ1v) is 9.10. The Bertz CT molecular complexity index is 332. The summed E-state index contributed by atoms with van der Waals surface area (Å²) in [7, 11) is 0. The Morgan fingerprint density at radius 1 is 1.15 bits per heavy atom. The molecule has 0 amide bonds. The molecule has 6 heteroatoms. The molecule has 2 saturated carbocycles. The topological polar surface area (TPSA) is 78.2 Å². The fourth-order valence-electron chi connectivity index (χ4n) is 4.52. The van der Waals surface area contributed by atoms with Crippen LogP contribution in [0.2, 0.25) is 0 Å². The summed E-state index contributed by atoms with van der Waals surface area (Å²) < 4.78 is 0. The zero-order valence-corrected chi connectivity index (χ0v) is 12.9. The third kappa shape index (κ3) is 3.00. The quantitative estimate of drug-likeness (QED) is 0.530. The molecule has 116 valence electrons. The summed E-state index contributed by atoms with van der Waals surface area (Å²) in [5.41, 5.74) is 6.52. The van der Waals surface area contributed by atoms with E-state index in [0.29, 0.717) is 12.0 Å². The smallest absolute Gasteiger partial charge is 0.187 e. The lowest BCUT2D eigenvalue weighted by Gasteiger charge is -2.37. The predicted octanol–water partition coefficient (Wildman–Crippen LogP) is -0.498. The summed E-state index contributed by atoms with van der Waals surface area (Å²) in [6.45, 7) is 0.978. The van der Waals surface area contributed by atoms with Crippen molar-refractivity contribution in [2.45, 2.75) is 74.2 Å². The highest BCUT2D eigenvalue weighted by Crippen LogP contribution is 2.32. The lowest BCUT2D eigenvalue weighted by atomic mass is 9.83. The van der Waals surface area contributed by atoms with Gasteiger partial charge in [0.2, 0.25) is 0 Å². The number of fused-ring (bicyclic) bond motifs is 1. The van der Waals surface area contributed by atoms with E-state index >= 15 is 0 Å². The third-order valence-electron chi connectivity index (χ3n) is 5.59. The minimum atomic E-state index is -0.588. The van der Waals surface area contributed by atoms with Crippen LogP contribution in [0.3, 0.4) is 0 Å². The molecule has 1 aliphatic heterocycles. The van der Waals surface area contributed by atoms with Gasteiger partial charge in [-0.1, -0.05) is 24.6 Å². The molecule has 1 saturated heterocycles. The first-order chi connectivity index (χ1) is 9.66. The molecule has 0 radical (unpaired) electrons. The Morgan fingerprint density at radius 3 is 2.65 bits per heavy atom. The zero-order valence-electron chi connectivity index (χ0n) is 12.1. The summed E-state index contributed by atoms with van der Waals surface area (Å²) in [4.78, 5) is 1.50. The van der Waals surface area contributed by atoms with Gasteiger partial charge in [-0.25, -0.2) is 10.4 Å². The van der Waals surface area contributed by atoms with Crippen LogP contribution in [0.15, 0.2) is 0 Å². The second-order valence-corrected chi connectivity index (χ2v) is 8.14. The van der Waals surface area contributed by atoms with Crippen LogP contribution in [0.5, 0.6) is 0 Å². The van der Waals surface area contributed by atoms with Crippen LogP contribution < -0.4 is 15.9 Å². The molecule has 20 heavy (non-hydrogen) atoms. The second kappa shape index (κ2) is 6.50. The van der Waals surface area contributed by atoms with Crippen molar-refractivity contribution in [3.63, 3.8) is 0 Å². The molecule has 5 N–H and O–H groups in total. The van der Waals surface area contributed by atoms with E-state index in [1.54, 1.807) is 0 Å². The van der Waals surface area contributed by atoms with Crippen LogP contribution >= 0.6 is 11.8 Å². The molecule has 7 atom stereocenters. The SMILES string of the molecule is NC1SC2CCCCC2[NH+]1CC1CCCCC1[NH+]([O-])O. The van der Waals surface area contributed by atoms with Crippen molar-refractivity contribution in [2.24, 2.45) is 11.7 Å². The number of hydrogen-bond acceptors (Lipinski definition) is 4. The number of nitrogens with two attached hydrogens (primary N) is 1. The van der Waals surface area contributed by atoms with Gasteiger partial charge in [0.1, 0.15) is 12.1 Å². The maximum atomic E-state index is 11.5. The Hall–Kier alpha value is 0.150. The van der Waals surface area contributed by atoms with Gasteiger partial charge < -0.3 is 10.1 Å². The van der Waals surface area contributed by atoms with Crippen LogP contribution in [0.1, 0.15) is 51.4 Å². The van der Waals surface area contributed by atoms with E-state index < -0.39 is 5.23 Å². The molecule has 2 aliphatic carbocycles. The van der Waals surface area contributed by atoms with Gasteiger partial charge in [-0.05, 0) is 25.7 Å². The van der Waals surface area contributed by atoms with E-state index in [1.807, 2.05) is 11.8 Å². The summed E-state index contributed by atoms with van der Waals surface area (Å²) in [5, 5.41) is 21.0. The highest BCUT2D eigenvalue weighted by atomic mass is 32.2. The Balaban J connectivity index is 1.66. The Kier molecular flexibility index (Phi) is 4.90. The Labute approximate surface area is 125 Å². The number of hydroxylamine groups is 2. The average Bonchev–Trinajstić information content (AvgIpc) is 2.76. The van der Waals surface area contributed by atoms with Crippen molar-refractivity contribution in [1.29, 1.82) is 0 Å². The van der Waals surface area contributed by atoms with E-state index in [2.05, 4.69) is 0 Å². The first-order valence-electron chi connectivity index (χ1n) is 8.16. The summed E-state index contributed by atoms with van der Waals surface area (Å²) in [6.07, 6.45) is 9.47.